The van der Waals surface area contributed by atoms with Crippen LogP contribution in [0.4, 0.5) is 0 Å². The second kappa shape index (κ2) is 9.69. The minimum atomic E-state index is -0.395. The predicted octanol–water partition coefficient (Wildman–Crippen LogP) is 3.66. The maximum Gasteiger partial charge on any atom is 0.262 e. The van der Waals surface area contributed by atoms with Gasteiger partial charge in [0.05, 0.1) is 35.8 Å². The molecule has 2 aromatic heterocycles. The van der Waals surface area contributed by atoms with Crippen LogP contribution in [0.2, 0.25) is 0 Å². The zero-order valence-corrected chi connectivity index (χ0v) is 18.7. The van der Waals surface area contributed by atoms with Crippen LogP contribution < -0.4 is 10.9 Å². The fourth-order valence-electron chi connectivity index (χ4n) is 2.59. The summed E-state index contributed by atoms with van der Waals surface area (Å²) >= 11 is 6.27. The maximum atomic E-state index is 13.0. The standard InChI is InChI=1S/C19H20BrN3O3S2/c1-12(17(24)21-11-14-4-3-9-27-14)28-19-22-16-6-5-13(20)10-15(16)18(25)23(19)7-8-26-2/h3-6,9-10,12H,7-8,11H2,1-2H3,(H,21,24). The van der Waals surface area contributed by atoms with Crippen LogP contribution in [0.3, 0.4) is 0 Å². The normalized spacial score (nSPS) is 12.2. The Hall–Kier alpha value is -1.68. The molecule has 148 valence electrons. The van der Waals surface area contributed by atoms with Crippen LogP contribution in [-0.4, -0.2) is 34.4 Å². The Morgan fingerprint density at radius 3 is 2.96 bits per heavy atom. The van der Waals surface area contributed by atoms with E-state index in [9.17, 15) is 9.59 Å². The van der Waals surface area contributed by atoms with Gasteiger partial charge >= 0.3 is 0 Å². The van der Waals surface area contributed by atoms with E-state index in [2.05, 4.69) is 26.2 Å². The van der Waals surface area contributed by atoms with Gasteiger partial charge in [-0.05, 0) is 36.6 Å². The number of aromatic nitrogens is 2. The van der Waals surface area contributed by atoms with Crippen LogP contribution >= 0.6 is 39.0 Å². The first-order valence-corrected chi connectivity index (χ1v) is 11.2. The molecule has 0 radical (unpaired) electrons. The molecule has 0 bridgehead atoms. The van der Waals surface area contributed by atoms with Gasteiger partial charge in [-0.2, -0.15) is 0 Å². The molecule has 0 aliphatic rings. The van der Waals surface area contributed by atoms with Crippen molar-refractivity contribution < 1.29 is 9.53 Å². The van der Waals surface area contributed by atoms with Crippen molar-refractivity contribution in [1.29, 1.82) is 0 Å². The largest absolute Gasteiger partial charge is 0.383 e. The molecule has 1 N–H and O–H groups in total. The number of nitrogens with one attached hydrogen (secondary N) is 1. The Morgan fingerprint density at radius 2 is 2.25 bits per heavy atom. The third kappa shape index (κ3) is 5.02. The van der Waals surface area contributed by atoms with Crippen LogP contribution in [0.5, 0.6) is 0 Å². The fourth-order valence-corrected chi connectivity index (χ4v) is 4.55. The number of hydrogen-bond acceptors (Lipinski definition) is 6. The highest BCUT2D eigenvalue weighted by Crippen LogP contribution is 2.24. The van der Waals surface area contributed by atoms with Crippen molar-refractivity contribution in [2.75, 3.05) is 13.7 Å². The molecule has 3 rings (SSSR count). The number of methoxy groups -OCH3 is 1. The lowest BCUT2D eigenvalue weighted by molar-refractivity contribution is -0.120. The summed E-state index contributed by atoms with van der Waals surface area (Å²) in [4.78, 5) is 31.2. The van der Waals surface area contributed by atoms with Crippen molar-refractivity contribution in [3.8, 4) is 0 Å². The zero-order valence-electron chi connectivity index (χ0n) is 15.5. The minimum absolute atomic E-state index is 0.0955. The third-order valence-corrected chi connectivity index (χ3v) is 6.53. The molecule has 2 heterocycles. The molecule has 9 heteroatoms. The van der Waals surface area contributed by atoms with E-state index in [0.717, 1.165) is 9.35 Å². The van der Waals surface area contributed by atoms with Crippen LogP contribution in [-0.2, 0) is 22.6 Å². The average molecular weight is 482 g/mol. The van der Waals surface area contributed by atoms with E-state index in [-0.39, 0.29) is 11.5 Å². The molecular formula is C19H20BrN3O3S2. The third-order valence-electron chi connectivity index (χ3n) is 4.07. The topological polar surface area (TPSA) is 73.2 Å². The van der Waals surface area contributed by atoms with Crippen molar-refractivity contribution in [2.45, 2.75) is 30.4 Å². The van der Waals surface area contributed by atoms with Crippen LogP contribution in [0.1, 0.15) is 11.8 Å². The van der Waals surface area contributed by atoms with Gasteiger partial charge in [-0.1, -0.05) is 33.8 Å². The Labute approximate surface area is 179 Å². The molecule has 1 aromatic carbocycles. The van der Waals surface area contributed by atoms with E-state index < -0.39 is 5.25 Å². The number of halogens is 1. The van der Waals surface area contributed by atoms with Gasteiger partial charge in [0.2, 0.25) is 5.91 Å². The Kier molecular flexibility index (Phi) is 7.28. The van der Waals surface area contributed by atoms with Crippen LogP contribution in [0.25, 0.3) is 10.9 Å². The number of ether oxygens (including phenoxy) is 1. The molecule has 1 amide bonds. The molecule has 28 heavy (non-hydrogen) atoms. The number of fused-ring (bicyclic) bond motifs is 1. The van der Waals surface area contributed by atoms with E-state index >= 15 is 0 Å². The lowest BCUT2D eigenvalue weighted by Crippen LogP contribution is -2.32. The van der Waals surface area contributed by atoms with E-state index in [1.165, 1.54) is 11.8 Å². The van der Waals surface area contributed by atoms with Crippen LogP contribution in [0, 0.1) is 0 Å². The molecule has 0 aliphatic carbocycles. The molecule has 0 fully saturated rings. The number of nitrogens with zero attached hydrogens (tertiary/aromatic N) is 2. The van der Waals surface area contributed by atoms with Gasteiger partial charge in [0.25, 0.3) is 5.56 Å². The van der Waals surface area contributed by atoms with E-state index in [0.29, 0.717) is 35.8 Å². The first-order chi connectivity index (χ1) is 13.5. The molecule has 3 aromatic rings. The fraction of sp³-hybridized carbons (Fsp3) is 0.316. The number of benzene rings is 1. The average Bonchev–Trinajstić information content (AvgIpc) is 3.20. The summed E-state index contributed by atoms with van der Waals surface area (Å²) in [7, 11) is 1.59. The van der Waals surface area contributed by atoms with E-state index in [1.54, 1.807) is 35.1 Å². The van der Waals surface area contributed by atoms with Crippen molar-refractivity contribution in [3.05, 3.63) is 55.4 Å². The highest BCUT2D eigenvalue weighted by atomic mass is 79.9. The molecule has 0 saturated carbocycles. The summed E-state index contributed by atoms with van der Waals surface area (Å²) in [6.07, 6.45) is 0. The summed E-state index contributed by atoms with van der Waals surface area (Å²) in [5.41, 5.74) is 0.465. The molecule has 6 nitrogen and oxygen atoms in total. The zero-order chi connectivity index (χ0) is 20.1. The van der Waals surface area contributed by atoms with Gasteiger partial charge < -0.3 is 10.1 Å². The second-order valence-electron chi connectivity index (χ2n) is 6.06. The van der Waals surface area contributed by atoms with E-state index in [4.69, 9.17) is 4.74 Å². The van der Waals surface area contributed by atoms with Crippen molar-refractivity contribution in [2.24, 2.45) is 0 Å². The first kappa shape index (κ1) is 21.0. The summed E-state index contributed by atoms with van der Waals surface area (Å²) in [5.74, 6) is -0.0955. The monoisotopic (exact) mass is 481 g/mol. The first-order valence-electron chi connectivity index (χ1n) is 8.65. The number of thiophene rings is 1. The Balaban J connectivity index is 1.84. The summed E-state index contributed by atoms with van der Waals surface area (Å²) in [6, 6.07) is 9.34. The lowest BCUT2D eigenvalue weighted by Gasteiger charge is -2.16. The van der Waals surface area contributed by atoms with Crippen molar-refractivity contribution in [1.82, 2.24) is 14.9 Å². The van der Waals surface area contributed by atoms with Gasteiger partial charge in [0.15, 0.2) is 5.16 Å². The number of amides is 1. The SMILES string of the molecule is COCCn1c(SC(C)C(=O)NCc2cccs2)nc2ccc(Br)cc2c1=O. The van der Waals surface area contributed by atoms with Gasteiger partial charge in [-0.25, -0.2) is 4.98 Å². The number of thioether (sulfide) groups is 1. The quantitative estimate of drug-likeness (QED) is 0.392. The minimum Gasteiger partial charge on any atom is -0.383 e. The predicted molar refractivity (Wildman–Crippen MR) is 117 cm³/mol. The molecule has 0 aliphatic heterocycles. The Bertz CT molecular complexity index is 1020. The molecule has 1 unspecified atom stereocenters. The molecule has 1 atom stereocenters. The van der Waals surface area contributed by atoms with Crippen molar-refractivity contribution >= 4 is 55.8 Å². The molecule has 0 spiro atoms. The highest BCUT2D eigenvalue weighted by Gasteiger charge is 2.19. The summed E-state index contributed by atoms with van der Waals surface area (Å²) < 4.78 is 7.53. The summed E-state index contributed by atoms with van der Waals surface area (Å²) in [6.45, 7) is 3.06. The van der Waals surface area contributed by atoms with E-state index in [1.807, 2.05) is 30.5 Å². The smallest absolute Gasteiger partial charge is 0.262 e. The number of rotatable bonds is 8. The summed E-state index contributed by atoms with van der Waals surface area (Å²) in [5, 5.41) is 5.56. The number of carbonyl (C=O) groups is 1. The van der Waals surface area contributed by atoms with Gasteiger partial charge in [0.1, 0.15) is 0 Å². The van der Waals surface area contributed by atoms with Gasteiger partial charge in [-0.15, -0.1) is 11.3 Å². The van der Waals surface area contributed by atoms with Crippen LogP contribution in [0.15, 0.2) is 50.1 Å². The second-order valence-corrected chi connectivity index (χ2v) is 9.32. The number of carbonyl (C=O) groups excluding carboxylic acids is 1. The molecular weight excluding hydrogens is 462 g/mol. The van der Waals surface area contributed by atoms with Crippen molar-refractivity contribution in [3.63, 3.8) is 0 Å². The number of hydrogen-bond donors (Lipinski definition) is 1. The highest BCUT2D eigenvalue weighted by molar-refractivity contribution is 9.10. The Morgan fingerprint density at radius 1 is 1.43 bits per heavy atom. The lowest BCUT2D eigenvalue weighted by atomic mass is 10.2. The van der Waals surface area contributed by atoms with Gasteiger partial charge in [0, 0.05) is 16.5 Å². The van der Waals surface area contributed by atoms with Gasteiger partial charge in [-0.3, -0.25) is 14.2 Å². The maximum absolute atomic E-state index is 13.0. The molecule has 0 saturated heterocycles.